The quantitative estimate of drug-likeness (QED) is 0.496. The molecule has 0 aliphatic carbocycles. The van der Waals surface area contributed by atoms with E-state index in [9.17, 15) is 13.2 Å². The van der Waals surface area contributed by atoms with Gasteiger partial charge in [0.1, 0.15) is 5.52 Å². The largest absolute Gasteiger partial charge is 0.441 e. The number of amides is 1. The summed E-state index contributed by atoms with van der Waals surface area (Å²) in [6.45, 7) is 3.64. The number of nitrogens with one attached hydrogen (secondary N) is 1. The van der Waals surface area contributed by atoms with Gasteiger partial charge in [-0.15, -0.1) is 0 Å². The van der Waals surface area contributed by atoms with Crippen LogP contribution in [-0.2, 0) is 16.4 Å². The maximum Gasteiger partial charge on any atom is 0.264 e. The van der Waals surface area contributed by atoms with Crippen molar-refractivity contribution in [2.24, 2.45) is 0 Å². The molecule has 0 spiro atoms. The smallest absolute Gasteiger partial charge is 0.264 e. The topological polar surface area (TPSA) is 92.5 Å². The molecule has 5 rings (SSSR count). The third kappa shape index (κ3) is 3.42. The van der Waals surface area contributed by atoms with E-state index >= 15 is 0 Å². The van der Waals surface area contributed by atoms with Crippen LogP contribution in [-0.4, -0.2) is 25.4 Å². The first kappa shape index (κ1) is 20.3. The first-order valence-electron chi connectivity index (χ1n) is 10.2. The molecule has 0 saturated carbocycles. The number of hydrogen-bond acceptors (Lipinski definition) is 5. The summed E-state index contributed by atoms with van der Waals surface area (Å²) in [6, 6.07) is 18.6. The highest BCUT2D eigenvalue weighted by molar-refractivity contribution is 7.92. The van der Waals surface area contributed by atoms with E-state index < -0.39 is 15.9 Å². The molecule has 0 bridgehead atoms. The molecule has 8 heteroatoms. The fourth-order valence-electron chi connectivity index (χ4n) is 4.14. The maximum atomic E-state index is 13.5. The number of carbonyl (C=O) groups excluding carboxylic acids is 1. The van der Waals surface area contributed by atoms with Crippen LogP contribution in [0.1, 0.15) is 28.7 Å². The summed E-state index contributed by atoms with van der Waals surface area (Å²) in [4.78, 5) is 17.2. The van der Waals surface area contributed by atoms with Crippen LogP contribution in [0.3, 0.4) is 0 Å². The van der Waals surface area contributed by atoms with Gasteiger partial charge in [0.2, 0.25) is 0 Å². The van der Waals surface area contributed by atoms with E-state index in [1.54, 1.807) is 37.3 Å². The number of sulfonamides is 1. The SMILES string of the molecule is Cc1nc2cc(NC(=O)c3cccc(S(=O)(=O)N4c5ccccc5CC4C)c3)ccc2o1. The normalized spacial score (nSPS) is 15.7. The van der Waals surface area contributed by atoms with Gasteiger partial charge >= 0.3 is 0 Å². The molecule has 0 radical (unpaired) electrons. The van der Waals surface area contributed by atoms with Gasteiger partial charge in [0.25, 0.3) is 15.9 Å². The summed E-state index contributed by atoms with van der Waals surface area (Å²) < 4.78 is 33.8. The lowest BCUT2D eigenvalue weighted by molar-refractivity contribution is 0.102. The van der Waals surface area contributed by atoms with Crippen LogP contribution < -0.4 is 9.62 Å². The van der Waals surface area contributed by atoms with E-state index in [0.29, 0.717) is 34.8 Å². The van der Waals surface area contributed by atoms with Crippen LogP contribution in [0.2, 0.25) is 0 Å². The Labute approximate surface area is 185 Å². The minimum atomic E-state index is -3.83. The Morgan fingerprint density at radius 2 is 1.91 bits per heavy atom. The van der Waals surface area contributed by atoms with Crippen molar-refractivity contribution in [3.8, 4) is 0 Å². The number of anilines is 2. The van der Waals surface area contributed by atoms with Crippen molar-refractivity contribution in [3.63, 3.8) is 0 Å². The molecule has 2 heterocycles. The van der Waals surface area contributed by atoms with E-state index in [1.807, 2.05) is 31.2 Å². The Morgan fingerprint density at radius 3 is 2.75 bits per heavy atom. The Hall–Kier alpha value is -3.65. The fraction of sp³-hybridized carbons (Fsp3) is 0.167. The van der Waals surface area contributed by atoms with Crippen LogP contribution in [0.4, 0.5) is 11.4 Å². The van der Waals surface area contributed by atoms with E-state index in [-0.39, 0.29) is 16.5 Å². The molecule has 1 amide bonds. The Bertz CT molecular complexity index is 1460. The summed E-state index contributed by atoms with van der Waals surface area (Å²) in [6.07, 6.45) is 0.652. The lowest BCUT2D eigenvalue weighted by Gasteiger charge is -2.24. The number of aromatic nitrogens is 1. The third-order valence-electron chi connectivity index (χ3n) is 5.55. The molecule has 1 aliphatic heterocycles. The van der Waals surface area contributed by atoms with Gasteiger partial charge < -0.3 is 9.73 Å². The Morgan fingerprint density at radius 1 is 1.09 bits per heavy atom. The summed E-state index contributed by atoms with van der Waals surface area (Å²) in [5.74, 6) is 0.135. The van der Waals surface area contributed by atoms with Crippen LogP contribution in [0.5, 0.6) is 0 Å². The minimum absolute atomic E-state index is 0.0799. The second-order valence-corrected chi connectivity index (χ2v) is 9.69. The van der Waals surface area contributed by atoms with E-state index in [4.69, 9.17) is 4.42 Å². The van der Waals surface area contributed by atoms with Crippen molar-refractivity contribution in [2.45, 2.75) is 31.2 Å². The minimum Gasteiger partial charge on any atom is -0.441 e. The van der Waals surface area contributed by atoms with E-state index in [0.717, 1.165) is 5.56 Å². The van der Waals surface area contributed by atoms with Gasteiger partial charge in [-0.25, -0.2) is 13.4 Å². The predicted molar refractivity (Wildman–Crippen MR) is 122 cm³/mol. The molecule has 1 aliphatic rings. The molecule has 1 unspecified atom stereocenters. The first-order chi connectivity index (χ1) is 15.3. The molecule has 1 N–H and O–H groups in total. The molecule has 0 saturated heterocycles. The van der Waals surface area contributed by atoms with Crippen LogP contribution in [0.25, 0.3) is 11.1 Å². The Balaban J connectivity index is 1.44. The van der Waals surface area contributed by atoms with Gasteiger partial charge in [-0.2, -0.15) is 0 Å². The van der Waals surface area contributed by atoms with Gasteiger partial charge in [0.05, 0.1) is 10.6 Å². The van der Waals surface area contributed by atoms with Gasteiger partial charge in [-0.3, -0.25) is 9.10 Å². The number of nitrogens with zero attached hydrogens (tertiary/aromatic N) is 2. The molecule has 3 aromatic carbocycles. The molecule has 0 fully saturated rings. The molecule has 7 nitrogen and oxygen atoms in total. The number of hydrogen-bond donors (Lipinski definition) is 1. The number of oxazole rings is 1. The van der Waals surface area contributed by atoms with Crippen molar-refractivity contribution >= 4 is 38.4 Å². The zero-order valence-electron chi connectivity index (χ0n) is 17.6. The van der Waals surface area contributed by atoms with Crippen molar-refractivity contribution < 1.29 is 17.6 Å². The number of carbonyl (C=O) groups is 1. The lowest BCUT2D eigenvalue weighted by atomic mass is 10.1. The van der Waals surface area contributed by atoms with Crippen LogP contribution in [0.15, 0.2) is 76.0 Å². The molecular weight excluding hydrogens is 426 g/mol. The highest BCUT2D eigenvalue weighted by Crippen LogP contribution is 2.36. The van der Waals surface area contributed by atoms with Crippen LogP contribution in [0, 0.1) is 6.92 Å². The number of fused-ring (bicyclic) bond motifs is 2. The summed E-state index contributed by atoms with van der Waals surface area (Å²) in [5, 5.41) is 2.80. The van der Waals surface area contributed by atoms with Crippen LogP contribution >= 0.6 is 0 Å². The average molecular weight is 448 g/mol. The van der Waals surface area contributed by atoms with Gasteiger partial charge in [-0.05, 0) is 61.4 Å². The highest BCUT2D eigenvalue weighted by Gasteiger charge is 2.36. The van der Waals surface area contributed by atoms with Gasteiger partial charge in [0, 0.05) is 24.2 Å². The number of para-hydroxylation sites is 1. The zero-order valence-corrected chi connectivity index (χ0v) is 18.4. The Kier molecular flexibility index (Phi) is 4.74. The van der Waals surface area contributed by atoms with Crippen molar-refractivity contribution in [2.75, 3.05) is 9.62 Å². The molecular formula is C24H21N3O4S. The third-order valence-corrected chi connectivity index (χ3v) is 7.47. The second-order valence-electron chi connectivity index (χ2n) is 7.88. The average Bonchev–Trinajstić information content (AvgIpc) is 3.31. The zero-order chi connectivity index (χ0) is 22.5. The molecule has 1 atom stereocenters. The summed E-state index contributed by atoms with van der Waals surface area (Å²) in [5.41, 5.74) is 3.75. The number of aryl methyl sites for hydroxylation is 1. The fourth-order valence-corrected chi connectivity index (χ4v) is 5.88. The summed E-state index contributed by atoms with van der Waals surface area (Å²) >= 11 is 0. The first-order valence-corrected chi connectivity index (χ1v) is 11.7. The summed E-state index contributed by atoms with van der Waals surface area (Å²) in [7, 11) is -3.83. The molecule has 4 aromatic rings. The highest BCUT2D eigenvalue weighted by atomic mass is 32.2. The molecule has 32 heavy (non-hydrogen) atoms. The standard InChI is InChI=1S/C24H21N3O4S/c1-15-12-17-6-3-4-9-22(17)27(15)32(29,30)20-8-5-7-18(13-20)24(28)26-19-10-11-23-21(14-19)25-16(2)31-23/h3-11,13-15H,12H2,1-2H3,(H,26,28). The number of rotatable bonds is 4. The van der Waals surface area contributed by atoms with Gasteiger partial charge in [0.15, 0.2) is 11.5 Å². The monoisotopic (exact) mass is 447 g/mol. The molecule has 1 aromatic heterocycles. The van der Waals surface area contributed by atoms with E-state index in [1.165, 1.54) is 16.4 Å². The maximum absolute atomic E-state index is 13.5. The second kappa shape index (κ2) is 7.49. The lowest BCUT2D eigenvalue weighted by Crippen LogP contribution is -2.35. The number of benzene rings is 3. The predicted octanol–water partition coefficient (Wildman–Crippen LogP) is 4.53. The molecule has 162 valence electrons. The van der Waals surface area contributed by atoms with Crippen molar-refractivity contribution in [3.05, 3.63) is 83.7 Å². The van der Waals surface area contributed by atoms with Crippen molar-refractivity contribution in [1.29, 1.82) is 0 Å². The van der Waals surface area contributed by atoms with Crippen molar-refractivity contribution in [1.82, 2.24) is 4.98 Å². The van der Waals surface area contributed by atoms with Gasteiger partial charge in [-0.1, -0.05) is 24.3 Å². The van der Waals surface area contributed by atoms with E-state index in [2.05, 4.69) is 10.3 Å².